The highest BCUT2D eigenvalue weighted by molar-refractivity contribution is 7.60. The smallest absolute Gasteiger partial charge is 0.321 e. The second kappa shape index (κ2) is 3.85. The molecule has 0 spiro atoms. The van der Waals surface area contributed by atoms with Crippen molar-refractivity contribution < 1.29 is 23.2 Å². The van der Waals surface area contributed by atoms with Crippen LogP contribution in [-0.4, -0.2) is 15.4 Å². The van der Waals surface area contributed by atoms with Gasteiger partial charge in [0, 0.05) is 4.57 Å². The van der Waals surface area contributed by atoms with Gasteiger partial charge in [-0.05, 0) is 40.3 Å². The highest BCUT2D eigenvalue weighted by atomic mass is 31.2. The number of rotatable bonds is 3. The molecule has 7 heteroatoms. The molecule has 17 heavy (non-hydrogen) atoms. The van der Waals surface area contributed by atoms with E-state index in [1.54, 1.807) is 0 Å². The first-order chi connectivity index (χ1) is 7.61. The van der Waals surface area contributed by atoms with Crippen molar-refractivity contribution in [2.75, 3.05) is 0 Å². The van der Waals surface area contributed by atoms with E-state index in [1.807, 2.05) is 6.92 Å². The number of fused-ring (bicyclic) bond motifs is 2. The van der Waals surface area contributed by atoms with E-state index >= 15 is 0 Å². The van der Waals surface area contributed by atoms with E-state index in [4.69, 9.17) is 4.89 Å². The minimum Gasteiger partial charge on any atom is -0.321 e. The molecule has 0 aromatic rings. The Labute approximate surface area is 102 Å². The minimum atomic E-state index is -4.02. The maximum Gasteiger partial charge on any atom is 0.703 e. The fraction of sp³-hybridized carbons (Fsp3) is 1.00. The fourth-order valence-electron chi connectivity index (χ4n) is 3.81. The third kappa shape index (κ3) is 1.84. The third-order valence-corrected chi connectivity index (χ3v) is 8.39. The summed E-state index contributed by atoms with van der Waals surface area (Å²) < 4.78 is 27.1. The predicted molar refractivity (Wildman–Crippen MR) is 63.8 cm³/mol. The summed E-state index contributed by atoms with van der Waals surface area (Å²) in [6.07, 6.45) is 2.55. The Morgan fingerprint density at radius 2 is 2.00 bits per heavy atom. The van der Waals surface area contributed by atoms with Crippen LogP contribution in [0.25, 0.3) is 0 Å². The second-order valence-electron chi connectivity index (χ2n) is 6.01. The average Bonchev–Trinajstić information content (AvgIpc) is 2.46. The molecule has 2 saturated carbocycles. The minimum absolute atomic E-state index is 0.0134. The summed E-state index contributed by atoms with van der Waals surface area (Å²) in [6, 6.07) is 0. The van der Waals surface area contributed by atoms with E-state index in [9.17, 15) is 14.0 Å². The van der Waals surface area contributed by atoms with Crippen LogP contribution in [0.4, 0.5) is 0 Å². The van der Waals surface area contributed by atoms with Gasteiger partial charge in [-0.15, -0.1) is 4.89 Å². The summed E-state index contributed by atoms with van der Waals surface area (Å²) in [5.41, 5.74) is -0.816. The van der Waals surface area contributed by atoms with Gasteiger partial charge in [-0.3, -0.25) is 4.57 Å². The lowest BCUT2D eigenvalue weighted by atomic mass is 9.71. The van der Waals surface area contributed by atoms with Gasteiger partial charge in [0.25, 0.3) is 0 Å². The summed E-state index contributed by atoms with van der Waals surface area (Å²) in [4.78, 5) is 18.6. The molecule has 2 N–H and O–H groups in total. The van der Waals surface area contributed by atoms with E-state index in [-0.39, 0.29) is 10.8 Å². The lowest BCUT2D eigenvalue weighted by Crippen LogP contribution is -2.35. The summed E-state index contributed by atoms with van der Waals surface area (Å²) in [5.74, 6) is 0.401. The highest BCUT2D eigenvalue weighted by Gasteiger charge is 2.67. The van der Waals surface area contributed by atoms with Crippen molar-refractivity contribution in [2.45, 2.75) is 45.7 Å². The van der Waals surface area contributed by atoms with Gasteiger partial charge in [0.1, 0.15) is 0 Å². The van der Waals surface area contributed by atoms with E-state index in [2.05, 4.69) is 18.2 Å². The zero-order chi connectivity index (χ0) is 13.1. The average molecular weight is 281 g/mol. The molecule has 5 atom stereocenters. The van der Waals surface area contributed by atoms with Gasteiger partial charge in [0.05, 0.1) is 5.66 Å². The monoisotopic (exact) mass is 281 g/mol. The van der Waals surface area contributed by atoms with Crippen LogP contribution in [0.5, 0.6) is 0 Å². The van der Waals surface area contributed by atoms with Gasteiger partial charge in [0.2, 0.25) is 0 Å². The van der Waals surface area contributed by atoms with Gasteiger partial charge in [-0.1, -0.05) is 20.8 Å². The molecule has 98 valence electrons. The molecule has 2 aliphatic carbocycles. The zero-order valence-corrected chi connectivity index (χ0v) is 12.1. The molecule has 2 aliphatic rings. The van der Waals surface area contributed by atoms with Crippen LogP contribution in [0, 0.1) is 16.7 Å². The lowest BCUT2D eigenvalue weighted by Gasteiger charge is -2.38. The van der Waals surface area contributed by atoms with Crippen LogP contribution >= 0.6 is 15.9 Å². The topological polar surface area (TPSA) is 83.8 Å². The highest BCUT2D eigenvalue weighted by Crippen LogP contribution is 2.75. The summed E-state index contributed by atoms with van der Waals surface area (Å²) >= 11 is 0. The third-order valence-electron chi connectivity index (χ3n) is 5.33. The zero-order valence-electron chi connectivity index (χ0n) is 10.3. The van der Waals surface area contributed by atoms with Crippen molar-refractivity contribution in [3.63, 3.8) is 0 Å². The first-order valence-electron chi connectivity index (χ1n) is 5.79. The standard InChI is InChI=1S/C10H18O5P2/c1-9(2)7-4-5-10(9,3)8(6-7)17(13,14)15-16(11)12/h7-8H,4-6H2,1-3H3,(H-,11,12,13,14)/p+1. The van der Waals surface area contributed by atoms with E-state index in [0.717, 1.165) is 12.8 Å². The molecule has 2 fully saturated rings. The Morgan fingerprint density at radius 1 is 1.41 bits per heavy atom. The van der Waals surface area contributed by atoms with Crippen LogP contribution < -0.4 is 0 Å². The summed E-state index contributed by atoms with van der Waals surface area (Å²) in [7, 11) is -7.05. The lowest BCUT2D eigenvalue weighted by molar-refractivity contribution is 0.146. The van der Waals surface area contributed by atoms with Crippen molar-refractivity contribution in [1.29, 1.82) is 0 Å². The van der Waals surface area contributed by atoms with E-state index < -0.39 is 21.5 Å². The van der Waals surface area contributed by atoms with Crippen molar-refractivity contribution >= 4 is 15.9 Å². The van der Waals surface area contributed by atoms with Crippen molar-refractivity contribution in [2.24, 2.45) is 16.7 Å². The van der Waals surface area contributed by atoms with Gasteiger partial charge < -0.3 is 4.89 Å². The normalized spacial score (nSPS) is 43.5. The molecule has 2 rings (SSSR count). The molecular weight excluding hydrogens is 262 g/mol. The Morgan fingerprint density at radius 3 is 2.35 bits per heavy atom. The quantitative estimate of drug-likeness (QED) is 0.777. The van der Waals surface area contributed by atoms with Gasteiger partial charge >= 0.3 is 15.9 Å². The molecule has 0 amide bonds. The van der Waals surface area contributed by atoms with Gasteiger partial charge in [0.15, 0.2) is 0 Å². The number of hydrogen-bond acceptors (Lipinski definition) is 3. The largest absolute Gasteiger partial charge is 0.703 e. The first kappa shape index (κ1) is 13.6. The van der Waals surface area contributed by atoms with Crippen LogP contribution in [0.2, 0.25) is 0 Å². The van der Waals surface area contributed by atoms with Crippen LogP contribution in [0.1, 0.15) is 40.0 Å². The molecule has 0 aliphatic heterocycles. The summed E-state index contributed by atoms with van der Waals surface area (Å²) in [6.45, 7) is 6.23. The Kier molecular flexibility index (Phi) is 3.09. The molecular formula is C10H19O5P2+. The molecule has 0 aromatic carbocycles. The predicted octanol–water partition coefficient (Wildman–Crippen LogP) is 3.05. The van der Waals surface area contributed by atoms with E-state index in [0.29, 0.717) is 12.3 Å². The maximum atomic E-state index is 12.1. The van der Waals surface area contributed by atoms with E-state index in [1.165, 1.54) is 0 Å². The van der Waals surface area contributed by atoms with Crippen molar-refractivity contribution in [3.05, 3.63) is 0 Å². The number of hydrogen-bond donors (Lipinski definition) is 2. The fourth-order valence-corrected chi connectivity index (χ4v) is 6.77. The SMILES string of the molecule is CC1(C)C2CCC1(C)C(P(=O)(O)O[P+](=O)O)C2. The van der Waals surface area contributed by atoms with Crippen molar-refractivity contribution in [3.8, 4) is 0 Å². The van der Waals surface area contributed by atoms with Crippen LogP contribution in [0.15, 0.2) is 0 Å². The van der Waals surface area contributed by atoms with Gasteiger partial charge in [-0.2, -0.15) is 0 Å². The van der Waals surface area contributed by atoms with Crippen LogP contribution in [-0.2, 0) is 13.4 Å². The molecule has 2 bridgehead atoms. The molecule has 5 unspecified atom stereocenters. The Balaban J connectivity index is 2.32. The first-order valence-corrected chi connectivity index (χ1v) is 8.57. The van der Waals surface area contributed by atoms with Crippen molar-refractivity contribution in [1.82, 2.24) is 0 Å². The molecule has 0 aromatic heterocycles. The molecule has 0 saturated heterocycles. The molecule has 0 heterocycles. The van der Waals surface area contributed by atoms with Gasteiger partial charge in [-0.25, -0.2) is 0 Å². The van der Waals surface area contributed by atoms with Crippen LogP contribution in [0.3, 0.4) is 0 Å². The molecule has 5 nitrogen and oxygen atoms in total. The molecule has 0 radical (unpaired) electrons. The Bertz CT molecular complexity index is 408. The maximum absolute atomic E-state index is 12.1. The Hall–Kier alpha value is 0.210. The second-order valence-corrected chi connectivity index (χ2v) is 8.89. The summed E-state index contributed by atoms with van der Waals surface area (Å²) in [5, 5.41) is 0.